The fourth-order valence-electron chi connectivity index (χ4n) is 3.55. The number of hydrogen-bond donors (Lipinski definition) is 1. The summed E-state index contributed by atoms with van der Waals surface area (Å²) in [6, 6.07) is 0.433. The molecular weight excluding hydrogens is 298 g/mol. The lowest BCUT2D eigenvalue weighted by Crippen LogP contribution is -2.38. The average Bonchev–Trinajstić information content (AvgIpc) is 3.04. The summed E-state index contributed by atoms with van der Waals surface area (Å²) in [5, 5.41) is 10.5. The van der Waals surface area contributed by atoms with Crippen molar-refractivity contribution in [2.75, 3.05) is 20.8 Å². The van der Waals surface area contributed by atoms with Gasteiger partial charge in [0.2, 0.25) is 0 Å². The van der Waals surface area contributed by atoms with Crippen LogP contribution in [-0.4, -0.2) is 43.0 Å². The van der Waals surface area contributed by atoms with Crippen LogP contribution in [0.5, 0.6) is 0 Å². The minimum absolute atomic E-state index is 0.433. The molecule has 0 aliphatic heterocycles. The zero-order valence-corrected chi connectivity index (χ0v) is 15.1. The van der Waals surface area contributed by atoms with Crippen LogP contribution in [0.4, 0.5) is 0 Å². The van der Waals surface area contributed by atoms with Crippen molar-refractivity contribution in [1.29, 1.82) is 0 Å². The minimum Gasteiger partial charge on any atom is -0.381 e. The maximum Gasteiger partial charge on any atom is 0.126 e. The van der Waals surface area contributed by atoms with Gasteiger partial charge in [-0.3, -0.25) is 4.90 Å². The lowest BCUT2D eigenvalue weighted by Gasteiger charge is -2.28. The van der Waals surface area contributed by atoms with Crippen molar-refractivity contribution in [3.8, 4) is 0 Å². The summed E-state index contributed by atoms with van der Waals surface area (Å²) in [7, 11) is 3.70. The molecule has 0 aromatic carbocycles. The van der Waals surface area contributed by atoms with Gasteiger partial charge in [-0.25, -0.2) is 0 Å². The van der Waals surface area contributed by atoms with E-state index >= 15 is 0 Å². The Kier molecular flexibility index (Phi) is 7.70. The van der Waals surface area contributed by atoms with Crippen molar-refractivity contribution in [3.05, 3.63) is 59.8 Å². The van der Waals surface area contributed by atoms with Crippen LogP contribution in [0.15, 0.2) is 59.8 Å². The van der Waals surface area contributed by atoms with Gasteiger partial charge in [-0.2, -0.15) is 0 Å². The molecule has 1 atom stereocenters. The van der Waals surface area contributed by atoms with Gasteiger partial charge in [-0.15, -0.1) is 0 Å². The third-order valence-electron chi connectivity index (χ3n) is 5.04. The quantitative estimate of drug-likeness (QED) is 0.413. The Morgan fingerprint density at radius 3 is 2.54 bits per heavy atom. The Labute approximate surface area is 146 Å². The zero-order valence-electron chi connectivity index (χ0n) is 15.1. The number of methoxy groups -OCH3 is 1. The Bertz CT molecular complexity index is 524. The monoisotopic (exact) mass is 329 g/mol. The summed E-state index contributed by atoms with van der Waals surface area (Å²) in [5.41, 5.74) is 4.32. The summed E-state index contributed by atoms with van der Waals surface area (Å²) in [6.45, 7) is 4.24. The van der Waals surface area contributed by atoms with Gasteiger partial charge >= 0.3 is 0 Å². The molecule has 0 saturated heterocycles. The summed E-state index contributed by atoms with van der Waals surface area (Å²) in [4.78, 5) is 2.10. The highest BCUT2D eigenvalue weighted by molar-refractivity contribution is 5.33. The van der Waals surface area contributed by atoms with Gasteiger partial charge in [-0.1, -0.05) is 48.1 Å². The molecule has 3 nitrogen and oxygen atoms in total. The molecule has 0 amide bonds. The first-order chi connectivity index (χ1) is 11.7. The van der Waals surface area contributed by atoms with E-state index in [1.54, 1.807) is 24.3 Å². The number of aliphatic hydroxyl groups excluding tert-OH is 1. The highest BCUT2D eigenvalue weighted by Crippen LogP contribution is 2.39. The van der Waals surface area contributed by atoms with E-state index in [-0.39, 0.29) is 0 Å². The van der Waals surface area contributed by atoms with Crippen LogP contribution in [0.1, 0.15) is 38.5 Å². The predicted octanol–water partition coefficient (Wildman–Crippen LogP) is 4.14. The van der Waals surface area contributed by atoms with E-state index in [0.717, 1.165) is 18.4 Å². The number of aliphatic hydroxyl groups is 1. The summed E-state index contributed by atoms with van der Waals surface area (Å²) in [5.74, 6) is 0. The van der Waals surface area contributed by atoms with Gasteiger partial charge in [0, 0.05) is 13.2 Å². The maximum absolute atomic E-state index is 10.5. The molecule has 2 aliphatic rings. The fourth-order valence-corrected chi connectivity index (χ4v) is 3.55. The van der Waals surface area contributed by atoms with Crippen LogP contribution in [0.2, 0.25) is 0 Å². The second kappa shape index (κ2) is 9.77. The van der Waals surface area contributed by atoms with Gasteiger partial charge in [0.1, 0.15) is 6.23 Å². The van der Waals surface area contributed by atoms with Gasteiger partial charge in [0.05, 0.1) is 6.61 Å². The summed E-state index contributed by atoms with van der Waals surface area (Å²) < 4.78 is 5.09. The molecule has 0 spiro atoms. The lowest BCUT2D eigenvalue weighted by molar-refractivity contribution is 0.0331. The molecule has 0 fully saturated rings. The number of rotatable bonds is 8. The molecule has 0 radical (unpaired) electrons. The van der Waals surface area contributed by atoms with Gasteiger partial charge in [-0.05, 0) is 57.2 Å². The minimum atomic E-state index is -0.570. The Morgan fingerprint density at radius 1 is 1.29 bits per heavy atom. The molecule has 0 heterocycles. The standard InChI is InChI=1S/C21H31NO2/c1-4-5-8-17(13-14-24-3)11-12-21(23)22(2)20-15-18-9-6-7-10-19(18)16-20/h4-5,8,11-13,20-21,23H,1,6-7,9-10,14-16H2,2-3H3/b8-5-,12-11+,17-13+. The van der Waals surface area contributed by atoms with E-state index in [0.29, 0.717) is 12.6 Å². The SMILES string of the molecule is C=C\C=C/C(/C=C/C(O)N(C)C1CC2=C(CCCC2)C1)=C\COC. The lowest BCUT2D eigenvalue weighted by atomic mass is 9.94. The third kappa shape index (κ3) is 5.30. The zero-order chi connectivity index (χ0) is 17.4. The second-order valence-corrected chi connectivity index (χ2v) is 6.67. The van der Waals surface area contributed by atoms with E-state index in [4.69, 9.17) is 4.74 Å². The van der Waals surface area contributed by atoms with Crippen molar-refractivity contribution in [2.24, 2.45) is 0 Å². The Morgan fingerprint density at radius 2 is 1.96 bits per heavy atom. The first-order valence-electron chi connectivity index (χ1n) is 8.92. The molecule has 1 unspecified atom stereocenters. The summed E-state index contributed by atoms with van der Waals surface area (Å²) >= 11 is 0. The van der Waals surface area contributed by atoms with Crippen molar-refractivity contribution in [3.63, 3.8) is 0 Å². The highest BCUT2D eigenvalue weighted by Gasteiger charge is 2.30. The van der Waals surface area contributed by atoms with Crippen molar-refractivity contribution in [1.82, 2.24) is 4.90 Å². The molecule has 2 aliphatic carbocycles. The molecule has 1 N–H and O–H groups in total. The number of nitrogens with zero attached hydrogens (tertiary/aromatic N) is 1. The van der Waals surface area contributed by atoms with Crippen LogP contribution in [0, 0.1) is 0 Å². The smallest absolute Gasteiger partial charge is 0.126 e. The van der Waals surface area contributed by atoms with Gasteiger partial charge in [0.25, 0.3) is 0 Å². The first-order valence-corrected chi connectivity index (χ1v) is 8.92. The van der Waals surface area contributed by atoms with Crippen LogP contribution in [0.25, 0.3) is 0 Å². The van der Waals surface area contributed by atoms with E-state index in [9.17, 15) is 5.11 Å². The maximum atomic E-state index is 10.5. The molecule has 24 heavy (non-hydrogen) atoms. The Balaban J connectivity index is 1.93. The number of hydrogen-bond acceptors (Lipinski definition) is 3. The van der Waals surface area contributed by atoms with E-state index < -0.39 is 6.23 Å². The van der Waals surface area contributed by atoms with Crippen LogP contribution in [-0.2, 0) is 4.74 Å². The molecule has 0 aromatic heterocycles. The number of likely N-dealkylation sites (N-methyl/N-ethyl adjacent to an activating group) is 1. The predicted molar refractivity (Wildman–Crippen MR) is 101 cm³/mol. The largest absolute Gasteiger partial charge is 0.381 e. The van der Waals surface area contributed by atoms with Crippen molar-refractivity contribution < 1.29 is 9.84 Å². The molecule has 0 saturated carbocycles. The van der Waals surface area contributed by atoms with Gasteiger partial charge < -0.3 is 9.84 Å². The highest BCUT2D eigenvalue weighted by atomic mass is 16.5. The fraction of sp³-hybridized carbons (Fsp3) is 0.524. The van der Waals surface area contributed by atoms with E-state index in [1.165, 1.54) is 25.7 Å². The third-order valence-corrected chi connectivity index (χ3v) is 5.04. The Hall–Kier alpha value is -1.42. The molecule has 0 bridgehead atoms. The summed E-state index contributed by atoms with van der Waals surface area (Å²) in [6.07, 6.45) is 18.3. The van der Waals surface area contributed by atoms with Crippen molar-refractivity contribution in [2.45, 2.75) is 50.8 Å². The van der Waals surface area contributed by atoms with E-state index in [2.05, 4.69) is 11.5 Å². The molecule has 3 heteroatoms. The molecular formula is C21H31NO2. The van der Waals surface area contributed by atoms with Gasteiger partial charge in [0.15, 0.2) is 0 Å². The number of ether oxygens (including phenoxy) is 1. The van der Waals surface area contributed by atoms with Crippen LogP contribution < -0.4 is 0 Å². The van der Waals surface area contributed by atoms with E-state index in [1.807, 2.05) is 37.4 Å². The molecule has 0 aromatic rings. The normalized spacial score (nSPS) is 21.2. The average molecular weight is 329 g/mol. The van der Waals surface area contributed by atoms with Crippen LogP contribution >= 0.6 is 0 Å². The first kappa shape index (κ1) is 18.9. The second-order valence-electron chi connectivity index (χ2n) is 6.67. The number of allylic oxidation sites excluding steroid dienone is 5. The molecule has 132 valence electrons. The topological polar surface area (TPSA) is 32.7 Å². The van der Waals surface area contributed by atoms with Crippen molar-refractivity contribution >= 4 is 0 Å². The van der Waals surface area contributed by atoms with Crippen LogP contribution in [0.3, 0.4) is 0 Å². The molecule has 2 rings (SSSR count).